The van der Waals surface area contributed by atoms with E-state index in [9.17, 15) is 5.11 Å². The van der Waals surface area contributed by atoms with Crippen LogP contribution in [0.5, 0.6) is 0 Å². The Labute approximate surface area is 111 Å². The Morgan fingerprint density at radius 3 is 2.06 bits per heavy atom. The molecule has 1 unspecified atom stereocenters. The van der Waals surface area contributed by atoms with Crippen LogP contribution in [-0.4, -0.2) is 11.2 Å². The molecule has 0 aliphatic heterocycles. The second-order valence-electron chi connectivity index (χ2n) is 7.11. The Morgan fingerprint density at radius 2 is 1.61 bits per heavy atom. The number of aliphatic hydroxyl groups is 1. The SMILES string of the molecule is Cc1ccc(CC(O)C2C(C)(C)C2(C)C)cc1C. The molecular formula is C17H26O. The smallest absolute Gasteiger partial charge is 0.0619 e. The van der Waals surface area contributed by atoms with E-state index in [1.807, 2.05) is 0 Å². The third kappa shape index (κ3) is 1.99. The van der Waals surface area contributed by atoms with Gasteiger partial charge in [0.15, 0.2) is 0 Å². The van der Waals surface area contributed by atoms with Gasteiger partial charge in [0.05, 0.1) is 6.10 Å². The molecule has 0 saturated heterocycles. The fraction of sp³-hybridized carbons (Fsp3) is 0.647. The topological polar surface area (TPSA) is 20.2 Å². The number of hydrogen-bond donors (Lipinski definition) is 1. The van der Waals surface area contributed by atoms with Gasteiger partial charge < -0.3 is 5.11 Å². The summed E-state index contributed by atoms with van der Waals surface area (Å²) in [6.45, 7) is 13.3. The van der Waals surface area contributed by atoms with Crippen LogP contribution in [0.2, 0.25) is 0 Å². The summed E-state index contributed by atoms with van der Waals surface area (Å²) in [5.74, 6) is 0.409. The Kier molecular flexibility index (Phi) is 3.09. The van der Waals surface area contributed by atoms with E-state index in [4.69, 9.17) is 0 Å². The highest BCUT2D eigenvalue weighted by atomic mass is 16.3. The van der Waals surface area contributed by atoms with Crippen LogP contribution >= 0.6 is 0 Å². The molecule has 18 heavy (non-hydrogen) atoms. The molecule has 1 N–H and O–H groups in total. The first-order valence-corrected chi connectivity index (χ1v) is 6.92. The normalized spacial score (nSPS) is 22.8. The van der Waals surface area contributed by atoms with E-state index in [1.54, 1.807) is 0 Å². The maximum Gasteiger partial charge on any atom is 0.0619 e. The summed E-state index contributed by atoms with van der Waals surface area (Å²) in [7, 11) is 0. The van der Waals surface area contributed by atoms with E-state index < -0.39 is 0 Å². The highest BCUT2D eigenvalue weighted by molar-refractivity contribution is 5.31. The lowest BCUT2D eigenvalue weighted by Gasteiger charge is -2.14. The van der Waals surface area contributed by atoms with Crippen molar-refractivity contribution in [2.24, 2.45) is 16.7 Å². The van der Waals surface area contributed by atoms with Crippen molar-refractivity contribution in [2.75, 3.05) is 0 Å². The molecule has 1 aromatic rings. The van der Waals surface area contributed by atoms with Gasteiger partial charge >= 0.3 is 0 Å². The summed E-state index contributed by atoms with van der Waals surface area (Å²) in [6.07, 6.45) is 0.552. The molecule has 1 nitrogen and oxygen atoms in total. The average molecular weight is 246 g/mol. The maximum atomic E-state index is 10.5. The number of aryl methyl sites for hydroxylation is 2. The molecule has 1 aliphatic rings. The summed E-state index contributed by atoms with van der Waals surface area (Å²) in [4.78, 5) is 0. The van der Waals surface area contributed by atoms with Crippen LogP contribution in [-0.2, 0) is 6.42 Å². The van der Waals surface area contributed by atoms with Crippen molar-refractivity contribution in [3.8, 4) is 0 Å². The van der Waals surface area contributed by atoms with Crippen molar-refractivity contribution in [3.05, 3.63) is 34.9 Å². The monoisotopic (exact) mass is 246 g/mol. The van der Waals surface area contributed by atoms with E-state index >= 15 is 0 Å². The van der Waals surface area contributed by atoms with E-state index in [1.165, 1.54) is 16.7 Å². The summed E-state index contributed by atoms with van der Waals surface area (Å²) < 4.78 is 0. The van der Waals surface area contributed by atoms with Crippen molar-refractivity contribution >= 4 is 0 Å². The quantitative estimate of drug-likeness (QED) is 0.858. The Morgan fingerprint density at radius 1 is 1.06 bits per heavy atom. The lowest BCUT2D eigenvalue weighted by atomic mass is 9.97. The second-order valence-corrected chi connectivity index (χ2v) is 7.11. The van der Waals surface area contributed by atoms with Gasteiger partial charge in [-0.1, -0.05) is 45.9 Å². The molecule has 0 bridgehead atoms. The van der Waals surface area contributed by atoms with Gasteiger partial charge in [-0.05, 0) is 53.7 Å². The van der Waals surface area contributed by atoms with Crippen molar-refractivity contribution in [1.29, 1.82) is 0 Å². The molecule has 1 atom stereocenters. The van der Waals surface area contributed by atoms with Crippen LogP contribution in [0.4, 0.5) is 0 Å². The first kappa shape index (κ1) is 13.6. The van der Waals surface area contributed by atoms with E-state index in [0.29, 0.717) is 5.92 Å². The molecule has 1 fully saturated rings. The molecule has 0 aromatic heterocycles. The summed E-state index contributed by atoms with van der Waals surface area (Å²) in [5.41, 5.74) is 4.40. The molecule has 1 aromatic carbocycles. The molecule has 1 heteroatoms. The molecule has 0 amide bonds. The second kappa shape index (κ2) is 4.09. The van der Waals surface area contributed by atoms with Crippen LogP contribution < -0.4 is 0 Å². The first-order chi connectivity index (χ1) is 8.18. The summed E-state index contributed by atoms with van der Waals surface area (Å²) in [6, 6.07) is 6.51. The molecule has 1 aliphatic carbocycles. The largest absolute Gasteiger partial charge is 0.392 e. The maximum absolute atomic E-state index is 10.5. The summed E-state index contributed by atoms with van der Waals surface area (Å²) >= 11 is 0. The average Bonchev–Trinajstić information content (AvgIpc) is 2.63. The van der Waals surface area contributed by atoms with Gasteiger partial charge in [-0.2, -0.15) is 0 Å². The lowest BCUT2D eigenvalue weighted by molar-refractivity contribution is 0.129. The standard InChI is InChI=1S/C17H26O/c1-11-7-8-13(9-12(11)2)10-14(18)15-16(3,4)17(15,5)6/h7-9,14-15,18H,10H2,1-6H3. The van der Waals surface area contributed by atoms with Crippen molar-refractivity contribution < 1.29 is 5.11 Å². The fourth-order valence-electron chi connectivity index (χ4n) is 3.50. The highest BCUT2D eigenvalue weighted by Crippen LogP contribution is 2.69. The molecule has 2 rings (SSSR count). The highest BCUT2D eigenvalue weighted by Gasteiger charge is 2.66. The zero-order chi connectivity index (χ0) is 13.7. The van der Waals surface area contributed by atoms with Crippen LogP contribution in [0.25, 0.3) is 0 Å². The zero-order valence-electron chi connectivity index (χ0n) is 12.5. The van der Waals surface area contributed by atoms with Crippen molar-refractivity contribution in [3.63, 3.8) is 0 Å². The van der Waals surface area contributed by atoms with Crippen molar-refractivity contribution in [2.45, 2.75) is 54.1 Å². The van der Waals surface area contributed by atoms with E-state index in [2.05, 4.69) is 59.7 Å². The Hall–Kier alpha value is -0.820. The Balaban J connectivity index is 2.09. The van der Waals surface area contributed by atoms with Crippen LogP contribution in [0.1, 0.15) is 44.4 Å². The van der Waals surface area contributed by atoms with Gasteiger partial charge in [-0.3, -0.25) is 0 Å². The summed E-state index contributed by atoms with van der Waals surface area (Å²) in [5, 5.41) is 10.5. The number of rotatable bonds is 3. The van der Waals surface area contributed by atoms with Crippen LogP contribution in [0.3, 0.4) is 0 Å². The Bertz CT molecular complexity index is 443. The number of hydrogen-bond acceptors (Lipinski definition) is 1. The predicted octanol–water partition coefficient (Wildman–Crippen LogP) is 3.89. The zero-order valence-corrected chi connectivity index (χ0v) is 12.5. The van der Waals surface area contributed by atoms with Crippen LogP contribution in [0.15, 0.2) is 18.2 Å². The molecule has 0 heterocycles. The third-order valence-corrected chi connectivity index (χ3v) is 5.53. The third-order valence-electron chi connectivity index (χ3n) is 5.53. The molecule has 0 spiro atoms. The molecule has 100 valence electrons. The lowest BCUT2D eigenvalue weighted by Crippen LogP contribution is -2.17. The minimum Gasteiger partial charge on any atom is -0.392 e. The minimum absolute atomic E-state index is 0.225. The predicted molar refractivity (Wildman–Crippen MR) is 76.7 cm³/mol. The van der Waals surface area contributed by atoms with Gasteiger partial charge in [0.2, 0.25) is 0 Å². The fourth-order valence-corrected chi connectivity index (χ4v) is 3.50. The van der Waals surface area contributed by atoms with Gasteiger partial charge in [-0.25, -0.2) is 0 Å². The first-order valence-electron chi connectivity index (χ1n) is 6.92. The molecular weight excluding hydrogens is 220 g/mol. The van der Waals surface area contributed by atoms with Gasteiger partial charge in [0, 0.05) is 0 Å². The molecule has 0 radical (unpaired) electrons. The van der Waals surface area contributed by atoms with Crippen LogP contribution in [0, 0.1) is 30.6 Å². The van der Waals surface area contributed by atoms with Gasteiger partial charge in [0.25, 0.3) is 0 Å². The minimum atomic E-state index is -0.225. The van der Waals surface area contributed by atoms with Gasteiger partial charge in [-0.15, -0.1) is 0 Å². The number of benzene rings is 1. The number of aliphatic hydroxyl groups excluding tert-OH is 1. The molecule has 1 saturated carbocycles. The van der Waals surface area contributed by atoms with E-state index in [-0.39, 0.29) is 16.9 Å². The van der Waals surface area contributed by atoms with E-state index in [0.717, 1.165) is 6.42 Å². The van der Waals surface area contributed by atoms with Crippen molar-refractivity contribution in [1.82, 2.24) is 0 Å². The van der Waals surface area contributed by atoms with Gasteiger partial charge in [0.1, 0.15) is 0 Å².